The molecule has 7 aromatic carbocycles. The Morgan fingerprint density at radius 1 is 0.509 bits per heavy atom. The summed E-state index contributed by atoms with van der Waals surface area (Å²) in [6.45, 7) is 0. The minimum Gasteiger partial charge on any atom is -0.456 e. The van der Waals surface area contributed by atoms with Crippen molar-refractivity contribution in [1.82, 2.24) is 19.8 Å². The number of allylic oxidation sites excluding steroid dienone is 3. The van der Waals surface area contributed by atoms with Crippen LogP contribution < -0.4 is 10.6 Å². The molecule has 0 saturated heterocycles. The average molecular weight is 735 g/mol. The smallest absolute Gasteiger partial charge is 0.137 e. The maximum Gasteiger partial charge on any atom is 0.137 e. The van der Waals surface area contributed by atoms with Crippen molar-refractivity contribution in [3.05, 3.63) is 199 Å². The monoisotopic (exact) mass is 734 g/mol. The van der Waals surface area contributed by atoms with E-state index in [1.165, 1.54) is 43.7 Å². The summed E-state index contributed by atoms with van der Waals surface area (Å²) in [5, 5.41) is 15.0. The van der Waals surface area contributed by atoms with Crippen molar-refractivity contribution in [3.8, 4) is 11.4 Å². The molecule has 2 aliphatic rings. The molecule has 272 valence electrons. The van der Waals surface area contributed by atoms with Crippen LogP contribution in [0.5, 0.6) is 0 Å². The first-order valence-corrected chi connectivity index (χ1v) is 19.9. The predicted octanol–water partition coefficient (Wildman–Crippen LogP) is 12.5. The van der Waals surface area contributed by atoms with Crippen LogP contribution >= 0.6 is 0 Å². The number of para-hydroxylation sites is 3. The number of nitrogens with zero attached hydrogens (tertiary/aromatic N) is 2. The Morgan fingerprint density at radius 3 is 2.02 bits per heavy atom. The van der Waals surface area contributed by atoms with Gasteiger partial charge in [0.25, 0.3) is 0 Å². The number of hydrogen-bond donors (Lipinski definition) is 2. The fraction of sp³-hybridized carbons (Fsp3) is 0.0769. The summed E-state index contributed by atoms with van der Waals surface area (Å²) < 4.78 is 11.4. The predicted molar refractivity (Wildman–Crippen MR) is 236 cm³/mol. The third-order valence-corrected chi connectivity index (χ3v) is 12.1. The van der Waals surface area contributed by atoms with Crippen molar-refractivity contribution in [3.63, 3.8) is 0 Å². The van der Waals surface area contributed by atoms with E-state index in [0.717, 1.165) is 56.5 Å². The summed E-state index contributed by atoms with van der Waals surface area (Å²) >= 11 is 0. The molecule has 2 N–H and O–H groups in total. The quantitative estimate of drug-likeness (QED) is 0.185. The van der Waals surface area contributed by atoms with Gasteiger partial charge in [0.1, 0.15) is 17.3 Å². The Balaban J connectivity index is 1.09. The lowest BCUT2D eigenvalue weighted by atomic mass is 9.89. The summed E-state index contributed by atoms with van der Waals surface area (Å²) in [7, 11) is 0. The molecule has 1 aliphatic carbocycles. The van der Waals surface area contributed by atoms with Crippen molar-refractivity contribution in [2.75, 3.05) is 0 Å². The highest BCUT2D eigenvalue weighted by molar-refractivity contribution is 6.22. The molecule has 3 aromatic heterocycles. The second kappa shape index (κ2) is 12.7. The minimum atomic E-state index is -0.100. The topological polar surface area (TPSA) is 47.1 Å². The zero-order valence-electron chi connectivity index (χ0n) is 31.1. The molecule has 10 aromatic rings. The van der Waals surface area contributed by atoms with E-state index in [1.54, 1.807) is 0 Å². The van der Waals surface area contributed by atoms with Gasteiger partial charge in [-0.1, -0.05) is 121 Å². The zero-order valence-corrected chi connectivity index (χ0v) is 31.1. The zero-order chi connectivity index (χ0) is 37.5. The molecule has 1 aliphatic heterocycles. The SMILES string of the molecule is C1=CCC(C2C=C(c3ccccc3)NC(c3cccc(-n4c5cc6oc7ccccc7c6cc5c5cc6c7ccccc7n(-c7ccccc7)c6cc54)c3)N2)C=C1. The van der Waals surface area contributed by atoms with Crippen LogP contribution in [0.2, 0.25) is 0 Å². The molecular formula is C52H38N4O. The van der Waals surface area contributed by atoms with E-state index in [1.807, 2.05) is 6.07 Å². The molecule has 3 atom stereocenters. The summed E-state index contributed by atoms with van der Waals surface area (Å²) in [5.74, 6) is 0.365. The van der Waals surface area contributed by atoms with Crippen LogP contribution in [0.25, 0.3) is 82.6 Å². The van der Waals surface area contributed by atoms with Crippen molar-refractivity contribution in [2.45, 2.75) is 18.6 Å². The fourth-order valence-corrected chi connectivity index (χ4v) is 9.43. The number of benzene rings is 7. The Kier molecular flexibility index (Phi) is 7.19. The summed E-state index contributed by atoms with van der Waals surface area (Å²) in [4.78, 5) is 0. The molecule has 0 spiro atoms. The number of aromatic nitrogens is 2. The molecule has 0 bridgehead atoms. The van der Waals surface area contributed by atoms with Gasteiger partial charge in [-0.2, -0.15) is 0 Å². The van der Waals surface area contributed by atoms with Crippen LogP contribution in [-0.4, -0.2) is 15.2 Å². The molecule has 0 fully saturated rings. The molecule has 0 saturated carbocycles. The molecule has 12 rings (SSSR count). The lowest BCUT2D eigenvalue weighted by Crippen LogP contribution is -2.46. The average Bonchev–Trinajstić information content (AvgIpc) is 3.92. The van der Waals surface area contributed by atoms with Crippen molar-refractivity contribution >= 4 is 71.2 Å². The summed E-state index contributed by atoms with van der Waals surface area (Å²) in [6, 6.07) is 57.2. The highest BCUT2D eigenvalue weighted by Gasteiger charge is 2.28. The van der Waals surface area contributed by atoms with E-state index < -0.39 is 0 Å². The van der Waals surface area contributed by atoms with E-state index in [4.69, 9.17) is 4.42 Å². The van der Waals surface area contributed by atoms with Gasteiger partial charge >= 0.3 is 0 Å². The second-order valence-corrected chi connectivity index (χ2v) is 15.4. The first-order valence-electron chi connectivity index (χ1n) is 19.9. The van der Waals surface area contributed by atoms with E-state index >= 15 is 0 Å². The molecule has 3 unspecified atom stereocenters. The molecule has 57 heavy (non-hydrogen) atoms. The van der Waals surface area contributed by atoms with Crippen LogP contribution in [-0.2, 0) is 0 Å². The number of fused-ring (bicyclic) bond motifs is 9. The van der Waals surface area contributed by atoms with Crippen LogP contribution in [0, 0.1) is 5.92 Å². The molecule has 4 heterocycles. The van der Waals surface area contributed by atoms with Gasteiger partial charge in [0, 0.05) is 61.5 Å². The van der Waals surface area contributed by atoms with E-state index in [0.29, 0.717) is 5.92 Å². The highest BCUT2D eigenvalue weighted by Crippen LogP contribution is 2.42. The third-order valence-electron chi connectivity index (χ3n) is 12.1. The lowest BCUT2D eigenvalue weighted by Gasteiger charge is -2.36. The van der Waals surface area contributed by atoms with E-state index in [-0.39, 0.29) is 12.2 Å². The number of hydrogen-bond acceptors (Lipinski definition) is 3. The highest BCUT2D eigenvalue weighted by atomic mass is 16.3. The first kappa shape index (κ1) is 32.2. The van der Waals surface area contributed by atoms with E-state index in [2.05, 4.69) is 202 Å². The molecule has 0 radical (unpaired) electrons. The Morgan fingerprint density at radius 2 is 1.19 bits per heavy atom. The summed E-state index contributed by atoms with van der Waals surface area (Å²) in [6.07, 6.45) is 12.2. The Hall–Kier alpha value is -7.08. The maximum absolute atomic E-state index is 6.53. The van der Waals surface area contributed by atoms with Gasteiger partial charge in [0.2, 0.25) is 0 Å². The van der Waals surface area contributed by atoms with Crippen LogP contribution in [0.15, 0.2) is 193 Å². The normalized spacial score (nSPS) is 18.3. The van der Waals surface area contributed by atoms with Crippen molar-refractivity contribution < 1.29 is 4.42 Å². The van der Waals surface area contributed by atoms with Gasteiger partial charge in [-0.3, -0.25) is 5.32 Å². The molecular weight excluding hydrogens is 697 g/mol. The second-order valence-electron chi connectivity index (χ2n) is 15.4. The number of nitrogens with one attached hydrogen (secondary N) is 2. The number of furan rings is 1. The van der Waals surface area contributed by atoms with Crippen LogP contribution in [0.4, 0.5) is 0 Å². The van der Waals surface area contributed by atoms with E-state index in [9.17, 15) is 0 Å². The minimum absolute atomic E-state index is 0.100. The standard InChI is InChI=1S/C52H38N4O/c1-4-15-33(16-5-1)44-30-45(34-17-6-2-7-18-34)54-52(53-44)35-19-14-22-37(27-35)56-48-31-47-40(38-23-10-12-25-46(38)55(47)36-20-8-3-9-21-36)28-41(48)42-29-43-39-24-11-13-26-50(39)57-51(43)32-49(42)56/h1-17,19-32,34,45,52-54H,18H2. The van der Waals surface area contributed by atoms with Crippen LogP contribution in [0.3, 0.4) is 0 Å². The van der Waals surface area contributed by atoms with Crippen molar-refractivity contribution in [1.29, 1.82) is 0 Å². The largest absolute Gasteiger partial charge is 0.456 e. The fourth-order valence-electron chi connectivity index (χ4n) is 9.43. The van der Waals surface area contributed by atoms with Gasteiger partial charge in [-0.05, 0) is 84.1 Å². The lowest BCUT2D eigenvalue weighted by molar-refractivity contribution is 0.377. The van der Waals surface area contributed by atoms with Crippen LogP contribution in [0.1, 0.15) is 23.7 Å². The summed E-state index contributed by atoms with van der Waals surface area (Å²) in [5.41, 5.74) is 12.2. The van der Waals surface area contributed by atoms with Gasteiger partial charge in [0.15, 0.2) is 0 Å². The maximum atomic E-state index is 6.53. The third kappa shape index (κ3) is 5.13. The molecule has 0 amide bonds. The van der Waals surface area contributed by atoms with Gasteiger partial charge < -0.3 is 18.9 Å². The van der Waals surface area contributed by atoms with Gasteiger partial charge in [-0.15, -0.1) is 0 Å². The Bertz CT molecular complexity index is 3290. The van der Waals surface area contributed by atoms with Gasteiger partial charge in [0.05, 0.1) is 22.1 Å². The van der Waals surface area contributed by atoms with Gasteiger partial charge in [-0.25, -0.2) is 0 Å². The molecule has 5 heteroatoms. The Labute approximate surface area is 329 Å². The number of rotatable bonds is 5. The molecule has 5 nitrogen and oxygen atoms in total. The van der Waals surface area contributed by atoms with Crippen molar-refractivity contribution in [2.24, 2.45) is 5.92 Å². The first-order chi connectivity index (χ1) is 28.2.